The molecule has 2 heterocycles. The summed E-state index contributed by atoms with van der Waals surface area (Å²) in [6.45, 7) is 2.92. The minimum absolute atomic E-state index is 0.484. The van der Waals surface area contributed by atoms with E-state index < -0.39 is 29.8 Å². The monoisotopic (exact) mass is 328 g/mol. The molecule has 124 valence electrons. The van der Waals surface area contributed by atoms with Gasteiger partial charge in [0.05, 0.1) is 22.6 Å². The van der Waals surface area contributed by atoms with Crippen LogP contribution < -0.4 is 10.9 Å². The van der Waals surface area contributed by atoms with Gasteiger partial charge in [-0.3, -0.25) is 14.3 Å². The zero-order valence-electron chi connectivity index (χ0n) is 12.7. The highest BCUT2D eigenvalue weighted by molar-refractivity contribution is 5.91. The fourth-order valence-electron chi connectivity index (χ4n) is 2.11. The highest BCUT2D eigenvalue weighted by Gasteiger charge is 2.31. The lowest BCUT2D eigenvalue weighted by Gasteiger charge is -2.11. The van der Waals surface area contributed by atoms with E-state index in [0.29, 0.717) is 29.3 Å². The van der Waals surface area contributed by atoms with Gasteiger partial charge in [0.1, 0.15) is 6.54 Å². The molecular formula is C14H15F3N4O2. The lowest BCUT2D eigenvalue weighted by atomic mass is 10.2. The van der Waals surface area contributed by atoms with E-state index in [9.17, 15) is 22.8 Å². The largest absolute Gasteiger partial charge is 0.417 e. The summed E-state index contributed by atoms with van der Waals surface area (Å²) in [4.78, 5) is 23.6. The lowest BCUT2D eigenvalue weighted by Crippen LogP contribution is -2.28. The van der Waals surface area contributed by atoms with Crippen molar-refractivity contribution in [3.8, 4) is 0 Å². The quantitative estimate of drug-likeness (QED) is 0.935. The van der Waals surface area contributed by atoms with Crippen LogP contribution in [0.2, 0.25) is 0 Å². The van der Waals surface area contributed by atoms with Gasteiger partial charge in [-0.1, -0.05) is 0 Å². The number of rotatable bonds is 3. The summed E-state index contributed by atoms with van der Waals surface area (Å²) in [5.41, 5.74) is 0.0888. The molecule has 0 aliphatic carbocycles. The molecule has 0 bridgehead atoms. The summed E-state index contributed by atoms with van der Waals surface area (Å²) in [6, 6.07) is 1.48. The molecule has 0 spiro atoms. The molecule has 9 heteroatoms. The SMILES string of the molecule is Cc1nn(C)c(C)c1NC(=O)Cn1cc(C(F)(F)F)ccc1=O. The van der Waals surface area contributed by atoms with E-state index in [4.69, 9.17) is 0 Å². The molecule has 2 aromatic heterocycles. The highest BCUT2D eigenvalue weighted by Crippen LogP contribution is 2.28. The van der Waals surface area contributed by atoms with Crippen LogP contribution in [0.5, 0.6) is 0 Å². The first-order chi connectivity index (χ1) is 10.6. The molecular weight excluding hydrogens is 313 g/mol. The number of pyridine rings is 1. The molecule has 1 amide bonds. The molecule has 0 radical (unpaired) electrons. The Labute approximate surface area is 129 Å². The second-order valence-corrected chi connectivity index (χ2v) is 5.10. The van der Waals surface area contributed by atoms with Crippen LogP contribution >= 0.6 is 0 Å². The standard InChI is InChI=1S/C14H15F3N4O2/c1-8-13(9(2)20(3)19-8)18-11(22)7-21-6-10(14(15,16)17)4-5-12(21)23/h4-6H,7H2,1-3H3,(H,18,22). The molecule has 0 fully saturated rings. The van der Waals surface area contributed by atoms with Gasteiger partial charge >= 0.3 is 6.18 Å². The van der Waals surface area contributed by atoms with E-state index in [-0.39, 0.29) is 0 Å². The molecule has 0 saturated carbocycles. The van der Waals surface area contributed by atoms with E-state index in [2.05, 4.69) is 10.4 Å². The number of anilines is 1. The molecule has 0 aliphatic rings. The van der Waals surface area contributed by atoms with Crippen molar-refractivity contribution >= 4 is 11.6 Å². The molecule has 0 atom stereocenters. The number of nitrogens with zero attached hydrogens (tertiary/aromatic N) is 3. The first kappa shape index (κ1) is 16.8. The smallest absolute Gasteiger partial charge is 0.321 e. The van der Waals surface area contributed by atoms with Crippen molar-refractivity contribution in [3.05, 3.63) is 45.6 Å². The summed E-state index contributed by atoms with van der Waals surface area (Å²) in [6.07, 6.45) is -3.95. The van der Waals surface area contributed by atoms with Crippen molar-refractivity contribution in [1.82, 2.24) is 14.3 Å². The van der Waals surface area contributed by atoms with E-state index in [1.54, 1.807) is 25.6 Å². The van der Waals surface area contributed by atoms with Crippen molar-refractivity contribution < 1.29 is 18.0 Å². The number of nitrogens with one attached hydrogen (secondary N) is 1. The maximum Gasteiger partial charge on any atom is 0.417 e. The number of aryl methyl sites for hydroxylation is 2. The van der Waals surface area contributed by atoms with Crippen LogP contribution in [0.25, 0.3) is 0 Å². The maximum absolute atomic E-state index is 12.7. The molecule has 6 nitrogen and oxygen atoms in total. The summed E-state index contributed by atoms with van der Waals surface area (Å²) >= 11 is 0. The zero-order valence-corrected chi connectivity index (χ0v) is 12.7. The number of alkyl halides is 3. The van der Waals surface area contributed by atoms with Crippen molar-refractivity contribution in [3.63, 3.8) is 0 Å². The predicted molar refractivity (Wildman–Crippen MR) is 77.0 cm³/mol. The molecule has 0 aliphatic heterocycles. The molecule has 1 N–H and O–H groups in total. The third kappa shape index (κ3) is 3.61. The Bertz CT molecular complexity index is 805. The Morgan fingerprint density at radius 1 is 1.30 bits per heavy atom. The Morgan fingerprint density at radius 3 is 2.48 bits per heavy atom. The van der Waals surface area contributed by atoms with E-state index in [1.807, 2.05) is 0 Å². The number of hydrogen-bond donors (Lipinski definition) is 1. The van der Waals surface area contributed by atoms with E-state index in [0.717, 1.165) is 10.6 Å². The van der Waals surface area contributed by atoms with Crippen molar-refractivity contribution in [2.24, 2.45) is 7.05 Å². The third-order valence-corrected chi connectivity index (χ3v) is 3.40. The number of hydrogen-bond acceptors (Lipinski definition) is 3. The highest BCUT2D eigenvalue weighted by atomic mass is 19.4. The predicted octanol–water partition coefficient (Wildman–Crippen LogP) is 1.86. The fourth-order valence-corrected chi connectivity index (χ4v) is 2.11. The van der Waals surface area contributed by atoms with Crippen molar-refractivity contribution in [2.75, 3.05) is 5.32 Å². The lowest BCUT2D eigenvalue weighted by molar-refractivity contribution is -0.138. The minimum Gasteiger partial charge on any atom is -0.321 e. The topological polar surface area (TPSA) is 68.9 Å². The van der Waals surface area contributed by atoms with Crippen LogP contribution in [0.15, 0.2) is 23.1 Å². The summed E-state index contributed by atoms with van der Waals surface area (Å²) < 4.78 is 40.3. The summed E-state index contributed by atoms with van der Waals surface area (Å²) in [7, 11) is 1.70. The van der Waals surface area contributed by atoms with Gasteiger partial charge in [-0.15, -0.1) is 0 Å². The van der Waals surface area contributed by atoms with Gasteiger partial charge in [0.25, 0.3) is 5.56 Å². The number of halogens is 3. The van der Waals surface area contributed by atoms with Crippen molar-refractivity contribution in [2.45, 2.75) is 26.6 Å². The van der Waals surface area contributed by atoms with Gasteiger partial charge < -0.3 is 9.88 Å². The van der Waals surface area contributed by atoms with Crippen LogP contribution in [0.3, 0.4) is 0 Å². The van der Waals surface area contributed by atoms with Crippen LogP contribution in [0.1, 0.15) is 17.0 Å². The Kier molecular flexibility index (Phi) is 4.31. The molecule has 0 unspecified atom stereocenters. The van der Waals surface area contributed by atoms with Gasteiger partial charge in [-0.2, -0.15) is 18.3 Å². The Hall–Kier alpha value is -2.58. The summed E-state index contributed by atoms with van der Waals surface area (Å²) in [5, 5.41) is 6.69. The van der Waals surface area contributed by atoms with E-state index >= 15 is 0 Å². The number of amides is 1. The third-order valence-electron chi connectivity index (χ3n) is 3.40. The average Bonchev–Trinajstić information content (AvgIpc) is 2.66. The molecule has 0 aromatic carbocycles. The van der Waals surface area contributed by atoms with Crippen LogP contribution in [-0.4, -0.2) is 20.3 Å². The van der Waals surface area contributed by atoms with Crippen LogP contribution in [-0.2, 0) is 24.6 Å². The van der Waals surface area contributed by atoms with Gasteiger partial charge in [-0.25, -0.2) is 0 Å². The van der Waals surface area contributed by atoms with Gasteiger partial charge in [0.2, 0.25) is 5.91 Å². The van der Waals surface area contributed by atoms with Gasteiger partial charge in [-0.05, 0) is 19.9 Å². The first-order valence-corrected chi connectivity index (χ1v) is 6.67. The second-order valence-electron chi connectivity index (χ2n) is 5.10. The Morgan fingerprint density at radius 2 is 1.96 bits per heavy atom. The molecule has 0 saturated heterocycles. The maximum atomic E-state index is 12.7. The van der Waals surface area contributed by atoms with Crippen LogP contribution in [0, 0.1) is 13.8 Å². The van der Waals surface area contributed by atoms with Crippen molar-refractivity contribution in [1.29, 1.82) is 0 Å². The van der Waals surface area contributed by atoms with Gasteiger partial charge in [0.15, 0.2) is 0 Å². The fraction of sp³-hybridized carbons (Fsp3) is 0.357. The number of carbonyl (C=O) groups is 1. The second kappa shape index (κ2) is 5.90. The zero-order chi connectivity index (χ0) is 17.4. The molecule has 23 heavy (non-hydrogen) atoms. The molecule has 2 rings (SSSR count). The Balaban J connectivity index is 2.22. The first-order valence-electron chi connectivity index (χ1n) is 6.67. The molecule has 2 aromatic rings. The van der Waals surface area contributed by atoms with E-state index in [1.165, 1.54) is 0 Å². The number of carbonyl (C=O) groups excluding carboxylic acids is 1. The van der Waals surface area contributed by atoms with Crippen LogP contribution in [0.4, 0.5) is 18.9 Å². The number of aromatic nitrogens is 3. The van der Waals surface area contributed by atoms with Gasteiger partial charge in [0, 0.05) is 19.3 Å². The minimum atomic E-state index is -4.58. The normalized spacial score (nSPS) is 11.6. The summed E-state index contributed by atoms with van der Waals surface area (Å²) in [5.74, 6) is -0.606. The average molecular weight is 328 g/mol.